The first-order valence-electron chi connectivity index (χ1n) is 9.86. The number of aliphatic hydroxyl groups excluding tert-OH is 1. The van der Waals surface area contributed by atoms with Gasteiger partial charge in [-0.1, -0.05) is 31.5 Å². The monoisotopic (exact) mass is 463 g/mol. The van der Waals surface area contributed by atoms with Crippen LogP contribution in [-0.2, 0) is 6.42 Å². The van der Waals surface area contributed by atoms with Gasteiger partial charge in [-0.05, 0) is 29.2 Å². The molecule has 1 unspecified atom stereocenters. The van der Waals surface area contributed by atoms with Crippen LogP contribution < -0.4 is 10.2 Å². The third-order valence-electron chi connectivity index (χ3n) is 5.50. The molecule has 3 rings (SSSR count). The first kappa shape index (κ1) is 23.6. The van der Waals surface area contributed by atoms with Crippen molar-refractivity contribution >= 4 is 28.5 Å². The summed E-state index contributed by atoms with van der Waals surface area (Å²) in [5, 5.41) is 28.7. The molecule has 0 aliphatic rings. The van der Waals surface area contributed by atoms with E-state index in [-0.39, 0.29) is 29.9 Å². The third kappa shape index (κ3) is 4.16. The molecule has 7 nitrogen and oxygen atoms in total. The van der Waals surface area contributed by atoms with Gasteiger partial charge in [0.25, 0.3) is 0 Å². The SMILES string of the molecule is COc1cc2c(cc1Cc1ccc(O)c(Cl)c1F)c(=O)c(C(=O)O)cn2C(CO)C(C)C. The number of aromatic carboxylic acids is 1. The smallest absolute Gasteiger partial charge is 0.341 e. The first-order chi connectivity index (χ1) is 15.1. The molecule has 1 heterocycles. The van der Waals surface area contributed by atoms with E-state index in [1.165, 1.54) is 31.5 Å². The van der Waals surface area contributed by atoms with Gasteiger partial charge in [-0.3, -0.25) is 4.79 Å². The number of hydrogen-bond donors (Lipinski definition) is 3. The van der Waals surface area contributed by atoms with Crippen LogP contribution in [0.1, 0.15) is 41.4 Å². The molecule has 32 heavy (non-hydrogen) atoms. The average Bonchev–Trinajstić information content (AvgIpc) is 2.75. The molecular formula is C23H23ClFNO6. The molecule has 0 aliphatic heterocycles. The summed E-state index contributed by atoms with van der Waals surface area (Å²) in [6.07, 6.45) is 1.21. The summed E-state index contributed by atoms with van der Waals surface area (Å²) in [4.78, 5) is 24.7. The van der Waals surface area contributed by atoms with Gasteiger partial charge in [-0.2, -0.15) is 0 Å². The highest BCUT2D eigenvalue weighted by atomic mass is 35.5. The van der Waals surface area contributed by atoms with E-state index in [9.17, 15) is 29.3 Å². The van der Waals surface area contributed by atoms with E-state index in [1.807, 2.05) is 13.8 Å². The van der Waals surface area contributed by atoms with Crippen LogP contribution in [0.2, 0.25) is 5.02 Å². The number of carboxylic acid groups (broad SMARTS) is 1. The van der Waals surface area contributed by atoms with Crippen LogP contribution in [0.5, 0.6) is 11.5 Å². The van der Waals surface area contributed by atoms with Gasteiger partial charge in [0.05, 0.1) is 25.3 Å². The van der Waals surface area contributed by atoms with Gasteiger partial charge in [0.15, 0.2) is 0 Å². The number of rotatable bonds is 7. The molecule has 3 N–H and O–H groups in total. The minimum absolute atomic E-state index is 0.0186. The van der Waals surface area contributed by atoms with E-state index < -0.39 is 39.6 Å². The zero-order valence-electron chi connectivity index (χ0n) is 17.7. The lowest BCUT2D eigenvalue weighted by Gasteiger charge is -2.25. The summed E-state index contributed by atoms with van der Waals surface area (Å²) in [6.45, 7) is 3.47. The van der Waals surface area contributed by atoms with Crippen LogP contribution in [0.4, 0.5) is 4.39 Å². The third-order valence-corrected chi connectivity index (χ3v) is 5.86. The number of halogens is 2. The summed E-state index contributed by atoms with van der Waals surface area (Å²) < 4.78 is 21.6. The standard InChI is InChI=1S/C23H23ClFNO6/c1-11(2)17(10-27)26-9-15(23(30)31)22(29)14-7-13(19(32-3)8-16(14)26)6-12-4-5-18(28)20(24)21(12)25/h4-5,7-9,11,17,27-28H,6,10H2,1-3H3,(H,30,31). The van der Waals surface area contributed by atoms with Gasteiger partial charge >= 0.3 is 5.97 Å². The molecule has 9 heteroatoms. The second kappa shape index (κ2) is 9.18. The number of benzene rings is 2. The Labute approximate surface area is 188 Å². The number of hydrogen-bond acceptors (Lipinski definition) is 5. The molecule has 0 bridgehead atoms. The van der Waals surface area contributed by atoms with Crippen molar-refractivity contribution in [3.63, 3.8) is 0 Å². The van der Waals surface area contributed by atoms with E-state index in [1.54, 1.807) is 10.6 Å². The average molecular weight is 464 g/mol. The number of phenols is 1. The van der Waals surface area contributed by atoms with Gasteiger partial charge < -0.3 is 24.6 Å². The first-order valence-corrected chi connectivity index (χ1v) is 10.2. The van der Waals surface area contributed by atoms with Gasteiger partial charge in [-0.15, -0.1) is 0 Å². The van der Waals surface area contributed by atoms with Crippen molar-refractivity contribution in [2.75, 3.05) is 13.7 Å². The van der Waals surface area contributed by atoms with E-state index in [0.29, 0.717) is 16.8 Å². The molecule has 1 aromatic heterocycles. The summed E-state index contributed by atoms with van der Waals surface area (Å²) in [6, 6.07) is 5.18. The van der Waals surface area contributed by atoms with Gasteiger partial charge in [-0.25, -0.2) is 9.18 Å². The maximum atomic E-state index is 14.5. The largest absolute Gasteiger partial charge is 0.506 e. The number of pyridine rings is 1. The van der Waals surface area contributed by atoms with E-state index in [0.717, 1.165) is 0 Å². The predicted octanol–water partition coefficient (Wildman–Crippen LogP) is 3.99. The second-order valence-corrected chi connectivity index (χ2v) is 8.19. The number of aliphatic hydroxyl groups is 1. The number of methoxy groups -OCH3 is 1. The minimum Gasteiger partial charge on any atom is -0.506 e. The van der Waals surface area contributed by atoms with E-state index in [4.69, 9.17) is 16.3 Å². The van der Waals surface area contributed by atoms with Crippen molar-refractivity contribution in [2.45, 2.75) is 26.3 Å². The van der Waals surface area contributed by atoms with Crippen molar-refractivity contribution < 1.29 is 29.2 Å². The lowest BCUT2D eigenvalue weighted by atomic mass is 9.98. The Balaban J connectivity index is 2.31. The summed E-state index contributed by atoms with van der Waals surface area (Å²) in [7, 11) is 1.42. The summed E-state index contributed by atoms with van der Waals surface area (Å²) >= 11 is 5.80. The molecule has 0 aliphatic carbocycles. The highest BCUT2D eigenvalue weighted by Gasteiger charge is 2.23. The highest BCUT2D eigenvalue weighted by Crippen LogP contribution is 2.33. The summed E-state index contributed by atoms with van der Waals surface area (Å²) in [5.41, 5.74) is -0.158. The van der Waals surface area contributed by atoms with E-state index in [2.05, 4.69) is 0 Å². The second-order valence-electron chi connectivity index (χ2n) is 7.81. The lowest BCUT2D eigenvalue weighted by Crippen LogP contribution is -2.25. The molecule has 0 fully saturated rings. The zero-order chi connectivity index (χ0) is 23.7. The molecule has 0 saturated heterocycles. The molecule has 170 valence electrons. The minimum atomic E-state index is -1.39. The molecule has 0 spiro atoms. The molecule has 0 saturated carbocycles. The normalized spacial score (nSPS) is 12.3. The Hall–Kier alpha value is -3.10. The van der Waals surface area contributed by atoms with Crippen molar-refractivity contribution in [3.05, 3.63) is 68.2 Å². The van der Waals surface area contributed by atoms with E-state index >= 15 is 0 Å². The number of aromatic hydroxyl groups is 1. The fourth-order valence-electron chi connectivity index (χ4n) is 3.72. The molecule has 2 aromatic carbocycles. The summed E-state index contributed by atoms with van der Waals surface area (Å²) in [5.74, 6) is -2.30. The van der Waals surface area contributed by atoms with Crippen LogP contribution >= 0.6 is 11.6 Å². The predicted molar refractivity (Wildman–Crippen MR) is 119 cm³/mol. The quantitative estimate of drug-likeness (QED) is 0.489. The maximum Gasteiger partial charge on any atom is 0.341 e. The Bertz CT molecular complexity index is 1250. The lowest BCUT2D eigenvalue weighted by molar-refractivity contribution is 0.0694. The van der Waals surface area contributed by atoms with Crippen molar-refractivity contribution in [1.29, 1.82) is 0 Å². The number of carbonyl (C=O) groups is 1. The Kier molecular flexibility index (Phi) is 6.76. The van der Waals surface area contributed by atoms with Crippen molar-refractivity contribution in [1.82, 2.24) is 4.57 Å². The Morgan fingerprint density at radius 2 is 1.94 bits per heavy atom. The number of nitrogens with zero attached hydrogens (tertiary/aromatic N) is 1. The van der Waals surface area contributed by atoms with Crippen LogP contribution in [0.15, 0.2) is 35.3 Å². The molecule has 0 radical (unpaired) electrons. The number of phenolic OH excluding ortho intramolecular Hbond substituents is 1. The topological polar surface area (TPSA) is 109 Å². The van der Waals surface area contributed by atoms with Crippen LogP contribution in [0.3, 0.4) is 0 Å². The number of ether oxygens (including phenoxy) is 1. The fourth-order valence-corrected chi connectivity index (χ4v) is 3.90. The zero-order valence-corrected chi connectivity index (χ0v) is 18.5. The van der Waals surface area contributed by atoms with Crippen molar-refractivity contribution in [3.8, 4) is 11.5 Å². The molecule has 0 amide bonds. The fraction of sp³-hybridized carbons (Fsp3) is 0.304. The van der Waals surface area contributed by atoms with Gasteiger partial charge in [0.1, 0.15) is 27.9 Å². The number of aromatic nitrogens is 1. The number of fused-ring (bicyclic) bond motifs is 1. The van der Waals surface area contributed by atoms with Crippen LogP contribution in [0.25, 0.3) is 10.9 Å². The Morgan fingerprint density at radius 3 is 2.50 bits per heavy atom. The molecular weight excluding hydrogens is 441 g/mol. The van der Waals surface area contributed by atoms with Crippen molar-refractivity contribution in [2.24, 2.45) is 5.92 Å². The Morgan fingerprint density at radius 1 is 1.25 bits per heavy atom. The maximum absolute atomic E-state index is 14.5. The van der Waals surface area contributed by atoms with Gasteiger partial charge in [0.2, 0.25) is 5.43 Å². The molecule has 3 aromatic rings. The number of carboxylic acids is 1. The van der Waals surface area contributed by atoms with Gasteiger partial charge in [0, 0.05) is 24.1 Å². The van der Waals surface area contributed by atoms with Crippen LogP contribution in [0, 0.1) is 11.7 Å². The highest BCUT2D eigenvalue weighted by molar-refractivity contribution is 6.32. The van der Waals surface area contributed by atoms with Crippen LogP contribution in [-0.4, -0.2) is 39.6 Å². The molecule has 1 atom stereocenters.